The Bertz CT molecular complexity index is 338. The molecule has 2 rings (SSSR count). The first-order chi connectivity index (χ1) is 6.70. The Hall–Kier alpha value is -0.440. The molecule has 0 aliphatic heterocycles. The van der Waals surface area contributed by atoms with E-state index >= 15 is 0 Å². The lowest BCUT2D eigenvalue weighted by Crippen LogP contribution is -2.07. The number of hydrogen-bond acceptors (Lipinski definition) is 0. The maximum Gasteiger partial charge on any atom is 0.162 e. The second-order valence-corrected chi connectivity index (χ2v) is 4.87. The summed E-state index contributed by atoms with van der Waals surface area (Å²) in [5.41, 5.74) is 0.518. The minimum Gasteiger partial charge on any atom is -0.204 e. The molecule has 0 heterocycles. The van der Waals surface area contributed by atoms with Crippen molar-refractivity contribution in [1.82, 2.24) is 0 Å². The molecule has 76 valence electrons. The highest BCUT2D eigenvalue weighted by Crippen LogP contribution is 2.40. The minimum absolute atomic E-state index is 0.130. The number of alkyl halides is 1. The summed E-state index contributed by atoms with van der Waals surface area (Å²) >= 11 is 3.51. The molecule has 0 nitrogen and oxygen atoms in total. The molecule has 1 saturated carbocycles. The van der Waals surface area contributed by atoms with Gasteiger partial charge in [0.15, 0.2) is 11.6 Å². The molecule has 1 aliphatic rings. The zero-order valence-corrected chi connectivity index (χ0v) is 9.23. The first kappa shape index (κ1) is 10.1. The predicted molar refractivity (Wildman–Crippen MR) is 55.7 cm³/mol. The number of rotatable bonds is 1. The Morgan fingerprint density at radius 1 is 1.21 bits per heavy atom. The molecule has 0 saturated heterocycles. The molecule has 0 amide bonds. The summed E-state index contributed by atoms with van der Waals surface area (Å²) in [4.78, 5) is 0.291. The van der Waals surface area contributed by atoms with Crippen LogP contribution in [-0.2, 0) is 0 Å². The summed E-state index contributed by atoms with van der Waals surface area (Å²) in [6, 6.07) is 4.42. The first-order valence-electron chi connectivity index (χ1n) is 4.78. The van der Waals surface area contributed by atoms with E-state index in [1.807, 2.05) is 0 Å². The van der Waals surface area contributed by atoms with Gasteiger partial charge in [-0.25, -0.2) is 8.78 Å². The highest BCUT2D eigenvalue weighted by Gasteiger charge is 2.29. The molecule has 1 aromatic carbocycles. The fraction of sp³-hybridized carbons (Fsp3) is 0.455. The summed E-state index contributed by atoms with van der Waals surface area (Å²) in [6.07, 6.45) is 3.06. The Morgan fingerprint density at radius 2 is 2.00 bits per heavy atom. The number of benzene rings is 1. The third kappa shape index (κ3) is 1.70. The van der Waals surface area contributed by atoms with Gasteiger partial charge in [0.05, 0.1) is 0 Å². The summed E-state index contributed by atoms with van der Waals surface area (Å²) < 4.78 is 26.4. The van der Waals surface area contributed by atoms with Crippen LogP contribution in [0.2, 0.25) is 0 Å². The molecular formula is C11H11BrF2. The molecule has 1 fully saturated rings. The first-order valence-corrected chi connectivity index (χ1v) is 5.69. The van der Waals surface area contributed by atoms with Crippen LogP contribution >= 0.6 is 15.9 Å². The van der Waals surface area contributed by atoms with Crippen LogP contribution in [-0.4, -0.2) is 4.83 Å². The van der Waals surface area contributed by atoms with Gasteiger partial charge in [-0.2, -0.15) is 0 Å². The molecular weight excluding hydrogens is 250 g/mol. The highest BCUT2D eigenvalue weighted by molar-refractivity contribution is 9.09. The van der Waals surface area contributed by atoms with Crippen molar-refractivity contribution in [2.45, 2.75) is 30.0 Å². The molecule has 0 aromatic heterocycles. The van der Waals surface area contributed by atoms with E-state index in [0.29, 0.717) is 10.4 Å². The van der Waals surface area contributed by atoms with Gasteiger partial charge in [-0.3, -0.25) is 0 Å². The Balaban J connectivity index is 2.36. The van der Waals surface area contributed by atoms with Gasteiger partial charge in [0.2, 0.25) is 0 Å². The van der Waals surface area contributed by atoms with Crippen molar-refractivity contribution in [3.05, 3.63) is 35.4 Å². The van der Waals surface area contributed by atoms with Crippen LogP contribution in [0.5, 0.6) is 0 Å². The zero-order chi connectivity index (χ0) is 10.1. The molecule has 1 aromatic rings. The lowest BCUT2D eigenvalue weighted by molar-refractivity contribution is 0.489. The van der Waals surface area contributed by atoms with Crippen molar-refractivity contribution >= 4 is 15.9 Å². The summed E-state index contributed by atoms with van der Waals surface area (Å²) in [5, 5.41) is 0. The molecule has 3 heteroatoms. The molecule has 2 atom stereocenters. The van der Waals surface area contributed by atoms with E-state index in [-0.39, 0.29) is 5.92 Å². The highest BCUT2D eigenvalue weighted by atomic mass is 79.9. The maximum absolute atomic E-state index is 13.4. The third-order valence-corrected chi connectivity index (χ3v) is 3.91. The SMILES string of the molecule is Fc1cccc(C2CCCC2Br)c1F. The lowest BCUT2D eigenvalue weighted by atomic mass is 9.97. The molecule has 0 bridgehead atoms. The normalized spacial score (nSPS) is 26.8. The van der Waals surface area contributed by atoms with Crippen molar-refractivity contribution in [2.75, 3.05) is 0 Å². The fourth-order valence-corrected chi connectivity index (χ4v) is 2.94. The number of hydrogen-bond donors (Lipinski definition) is 0. The minimum atomic E-state index is -0.742. The fourth-order valence-electron chi connectivity index (χ4n) is 2.07. The molecule has 1 aliphatic carbocycles. The van der Waals surface area contributed by atoms with Gasteiger partial charge in [0.25, 0.3) is 0 Å². The monoisotopic (exact) mass is 260 g/mol. The van der Waals surface area contributed by atoms with E-state index in [4.69, 9.17) is 0 Å². The standard InChI is InChI=1S/C11H11BrF2/c12-9-5-1-3-7(9)8-4-2-6-10(13)11(8)14/h2,4,6-7,9H,1,3,5H2. The van der Waals surface area contributed by atoms with Crippen LogP contribution in [0.3, 0.4) is 0 Å². The number of halogens is 3. The second kappa shape index (κ2) is 3.97. The van der Waals surface area contributed by atoms with E-state index in [1.54, 1.807) is 12.1 Å². The summed E-state index contributed by atoms with van der Waals surface area (Å²) in [7, 11) is 0. The van der Waals surface area contributed by atoms with Crippen molar-refractivity contribution in [3.8, 4) is 0 Å². The van der Waals surface area contributed by atoms with E-state index in [9.17, 15) is 8.78 Å². The van der Waals surface area contributed by atoms with E-state index in [0.717, 1.165) is 25.3 Å². The van der Waals surface area contributed by atoms with Gasteiger partial charge in [-0.15, -0.1) is 0 Å². The van der Waals surface area contributed by atoms with Crippen LogP contribution in [0.15, 0.2) is 18.2 Å². The third-order valence-electron chi connectivity index (χ3n) is 2.81. The molecule has 0 N–H and O–H groups in total. The summed E-state index contributed by atoms with van der Waals surface area (Å²) in [5.74, 6) is -1.29. The van der Waals surface area contributed by atoms with Crippen molar-refractivity contribution in [3.63, 3.8) is 0 Å². The van der Waals surface area contributed by atoms with Gasteiger partial charge in [-0.1, -0.05) is 34.5 Å². The van der Waals surface area contributed by atoms with Gasteiger partial charge in [0, 0.05) is 4.83 Å². The van der Waals surface area contributed by atoms with Crippen molar-refractivity contribution in [2.24, 2.45) is 0 Å². The Morgan fingerprint density at radius 3 is 2.64 bits per heavy atom. The quantitative estimate of drug-likeness (QED) is 0.670. The second-order valence-electron chi connectivity index (χ2n) is 3.70. The average Bonchev–Trinajstić information content (AvgIpc) is 2.57. The van der Waals surface area contributed by atoms with Crippen LogP contribution < -0.4 is 0 Å². The Kier molecular flexibility index (Phi) is 2.86. The lowest BCUT2D eigenvalue weighted by Gasteiger charge is -2.15. The van der Waals surface area contributed by atoms with Crippen LogP contribution in [0, 0.1) is 11.6 Å². The molecule has 2 unspecified atom stereocenters. The van der Waals surface area contributed by atoms with Crippen LogP contribution in [0.4, 0.5) is 8.78 Å². The maximum atomic E-state index is 13.4. The zero-order valence-electron chi connectivity index (χ0n) is 7.64. The summed E-state index contributed by atoms with van der Waals surface area (Å²) in [6.45, 7) is 0. The van der Waals surface area contributed by atoms with E-state index < -0.39 is 11.6 Å². The Labute approximate surface area is 90.4 Å². The van der Waals surface area contributed by atoms with E-state index in [2.05, 4.69) is 15.9 Å². The topological polar surface area (TPSA) is 0 Å². The van der Waals surface area contributed by atoms with Gasteiger partial charge in [0.1, 0.15) is 0 Å². The average molecular weight is 261 g/mol. The van der Waals surface area contributed by atoms with Gasteiger partial charge < -0.3 is 0 Å². The van der Waals surface area contributed by atoms with Gasteiger partial charge >= 0.3 is 0 Å². The smallest absolute Gasteiger partial charge is 0.162 e. The van der Waals surface area contributed by atoms with Crippen molar-refractivity contribution in [1.29, 1.82) is 0 Å². The molecule has 0 spiro atoms. The van der Waals surface area contributed by atoms with Crippen molar-refractivity contribution < 1.29 is 8.78 Å². The largest absolute Gasteiger partial charge is 0.204 e. The van der Waals surface area contributed by atoms with Gasteiger partial charge in [-0.05, 0) is 30.4 Å². The van der Waals surface area contributed by atoms with Crippen LogP contribution in [0.25, 0.3) is 0 Å². The molecule has 14 heavy (non-hydrogen) atoms. The van der Waals surface area contributed by atoms with E-state index in [1.165, 1.54) is 0 Å². The molecule has 0 radical (unpaired) electrons. The predicted octanol–water partition coefficient (Wildman–Crippen LogP) is 4.00. The van der Waals surface area contributed by atoms with Crippen LogP contribution in [0.1, 0.15) is 30.7 Å².